The zero-order chi connectivity index (χ0) is 9.94. The van der Waals surface area contributed by atoms with E-state index >= 15 is 0 Å². The summed E-state index contributed by atoms with van der Waals surface area (Å²) in [5, 5.41) is 3.43. The molecule has 0 amide bonds. The molecule has 0 saturated heterocycles. The fourth-order valence-electron chi connectivity index (χ4n) is 1.37. The highest BCUT2D eigenvalue weighted by Gasteiger charge is 2.04. The normalized spacial score (nSPS) is 12.4. The van der Waals surface area contributed by atoms with Gasteiger partial charge in [-0.2, -0.15) is 0 Å². The maximum atomic E-state index is 5.23. The second-order valence-electron chi connectivity index (χ2n) is 3.13. The average molecular weight is 183 g/mol. The zero-order valence-corrected chi connectivity index (χ0v) is 8.81. The molecule has 0 bridgehead atoms. The number of methoxy groups -OCH3 is 1. The van der Waals surface area contributed by atoms with Crippen molar-refractivity contribution in [1.29, 1.82) is 0 Å². The van der Waals surface area contributed by atoms with Crippen LogP contribution in [0.3, 0.4) is 0 Å². The molecule has 76 valence electrons. The first-order chi connectivity index (χ1) is 6.35. The molecule has 1 unspecified atom stereocenters. The first kappa shape index (κ1) is 12.5. The second-order valence-corrected chi connectivity index (χ2v) is 3.13. The van der Waals surface area contributed by atoms with Gasteiger partial charge in [0, 0.05) is 26.2 Å². The molecule has 0 aromatic carbocycles. The SMILES string of the molecule is C#CCCC(CCCOC)NCC. The Morgan fingerprint density at radius 3 is 2.77 bits per heavy atom. The van der Waals surface area contributed by atoms with E-state index in [1.807, 2.05) is 0 Å². The van der Waals surface area contributed by atoms with E-state index in [-0.39, 0.29) is 0 Å². The van der Waals surface area contributed by atoms with Crippen molar-refractivity contribution >= 4 is 0 Å². The third-order valence-electron chi connectivity index (χ3n) is 2.03. The van der Waals surface area contributed by atoms with Gasteiger partial charge in [-0.1, -0.05) is 6.92 Å². The highest BCUT2D eigenvalue weighted by molar-refractivity contribution is 4.85. The summed E-state index contributed by atoms with van der Waals surface area (Å²) in [5.41, 5.74) is 0. The molecular formula is C11H21NO. The average Bonchev–Trinajstić information content (AvgIpc) is 2.14. The van der Waals surface area contributed by atoms with E-state index in [1.165, 1.54) is 0 Å². The number of terminal acetylenes is 1. The maximum Gasteiger partial charge on any atom is 0.0462 e. The van der Waals surface area contributed by atoms with Gasteiger partial charge >= 0.3 is 0 Å². The molecule has 0 radical (unpaired) electrons. The lowest BCUT2D eigenvalue weighted by atomic mass is 10.1. The van der Waals surface area contributed by atoms with E-state index in [9.17, 15) is 0 Å². The van der Waals surface area contributed by atoms with Crippen LogP contribution in [0.2, 0.25) is 0 Å². The molecule has 1 N–H and O–H groups in total. The van der Waals surface area contributed by atoms with Crippen molar-refractivity contribution in [2.75, 3.05) is 20.3 Å². The highest BCUT2D eigenvalue weighted by Crippen LogP contribution is 2.04. The third-order valence-corrected chi connectivity index (χ3v) is 2.03. The summed E-state index contributed by atoms with van der Waals surface area (Å²) in [5.74, 6) is 2.68. The number of hydrogen-bond donors (Lipinski definition) is 1. The van der Waals surface area contributed by atoms with Gasteiger partial charge in [0.15, 0.2) is 0 Å². The molecule has 1 atom stereocenters. The standard InChI is InChI=1S/C11H21NO/c1-4-6-8-11(12-5-2)9-7-10-13-3/h1,11-12H,5-10H2,2-3H3. The predicted molar refractivity (Wildman–Crippen MR) is 56.6 cm³/mol. The molecule has 0 aliphatic rings. The van der Waals surface area contributed by atoms with Crippen molar-refractivity contribution < 1.29 is 4.74 Å². The summed E-state index contributed by atoms with van der Waals surface area (Å²) in [6.45, 7) is 3.99. The van der Waals surface area contributed by atoms with E-state index in [0.29, 0.717) is 6.04 Å². The van der Waals surface area contributed by atoms with Crippen molar-refractivity contribution in [3.8, 4) is 12.3 Å². The van der Waals surface area contributed by atoms with Crippen molar-refractivity contribution in [3.05, 3.63) is 0 Å². The van der Waals surface area contributed by atoms with Crippen LogP contribution in [0.25, 0.3) is 0 Å². The number of hydrogen-bond acceptors (Lipinski definition) is 2. The van der Waals surface area contributed by atoms with Crippen LogP contribution in [0.1, 0.15) is 32.6 Å². The van der Waals surface area contributed by atoms with Gasteiger partial charge in [0.25, 0.3) is 0 Å². The van der Waals surface area contributed by atoms with Crippen LogP contribution in [0.5, 0.6) is 0 Å². The molecule has 0 saturated carbocycles. The van der Waals surface area contributed by atoms with Gasteiger partial charge in [-0.15, -0.1) is 12.3 Å². The van der Waals surface area contributed by atoms with Gasteiger partial charge in [-0.3, -0.25) is 0 Å². The van der Waals surface area contributed by atoms with Crippen LogP contribution < -0.4 is 5.32 Å². The monoisotopic (exact) mass is 183 g/mol. The molecule has 0 heterocycles. The van der Waals surface area contributed by atoms with Gasteiger partial charge in [0.1, 0.15) is 0 Å². The minimum Gasteiger partial charge on any atom is -0.385 e. The van der Waals surface area contributed by atoms with Crippen LogP contribution in [-0.4, -0.2) is 26.3 Å². The Kier molecular flexibility index (Phi) is 9.18. The summed E-state index contributed by atoms with van der Waals surface area (Å²) < 4.78 is 5.01. The van der Waals surface area contributed by atoms with Crippen LogP contribution in [0, 0.1) is 12.3 Å². The summed E-state index contributed by atoms with van der Waals surface area (Å²) in [6, 6.07) is 0.566. The van der Waals surface area contributed by atoms with Gasteiger partial charge in [-0.05, 0) is 25.8 Å². The van der Waals surface area contributed by atoms with E-state index in [4.69, 9.17) is 11.2 Å². The number of ether oxygens (including phenoxy) is 1. The molecule has 0 aliphatic heterocycles. The van der Waals surface area contributed by atoms with E-state index in [0.717, 1.165) is 38.8 Å². The fourth-order valence-corrected chi connectivity index (χ4v) is 1.37. The molecule has 2 nitrogen and oxygen atoms in total. The van der Waals surface area contributed by atoms with Crippen LogP contribution >= 0.6 is 0 Å². The molecule has 2 heteroatoms. The van der Waals surface area contributed by atoms with Crippen molar-refractivity contribution in [2.24, 2.45) is 0 Å². The second kappa shape index (κ2) is 9.57. The maximum absolute atomic E-state index is 5.23. The smallest absolute Gasteiger partial charge is 0.0462 e. The van der Waals surface area contributed by atoms with Gasteiger partial charge in [0.05, 0.1) is 0 Å². The largest absolute Gasteiger partial charge is 0.385 e. The molecule has 0 aromatic heterocycles. The summed E-state index contributed by atoms with van der Waals surface area (Å²) in [6.07, 6.45) is 9.43. The van der Waals surface area contributed by atoms with E-state index in [1.54, 1.807) is 7.11 Å². The molecule has 0 aromatic rings. The minimum absolute atomic E-state index is 0.566. The van der Waals surface area contributed by atoms with Crippen molar-refractivity contribution in [3.63, 3.8) is 0 Å². The quantitative estimate of drug-likeness (QED) is 0.458. The zero-order valence-electron chi connectivity index (χ0n) is 8.81. The lowest BCUT2D eigenvalue weighted by molar-refractivity contribution is 0.188. The highest BCUT2D eigenvalue weighted by atomic mass is 16.5. The van der Waals surface area contributed by atoms with E-state index < -0.39 is 0 Å². The molecule has 0 spiro atoms. The Labute approximate surface area is 82.1 Å². The topological polar surface area (TPSA) is 21.3 Å². The lowest BCUT2D eigenvalue weighted by Gasteiger charge is -2.16. The molecule has 0 rings (SSSR count). The molecule has 0 fully saturated rings. The molecule has 0 aliphatic carbocycles. The first-order valence-corrected chi connectivity index (χ1v) is 5.00. The van der Waals surface area contributed by atoms with Crippen LogP contribution in [0.4, 0.5) is 0 Å². The summed E-state index contributed by atoms with van der Waals surface area (Å²) in [7, 11) is 1.74. The van der Waals surface area contributed by atoms with Crippen molar-refractivity contribution in [2.45, 2.75) is 38.6 Å². The van der Waals surface area contributed by atoms with Crippen LogP contribution in [0.15, 0.2) is 0 Å². The number of rotatable bonds is 8. The van der Waals surface area contributed by atoms with Gasteiger partial charge in [-0.25, -0.2) is 0 Å². The first-order valence-electron chi connectivity index (χ1n) is 5.00. The van der Waals surface area contributed by atoms with Crippen molar-refractivity contribution in [1.82, 2.24) is 5.32 Å². The third kappa shape index (κ3) is 7.83. The Balaban J connectivity index is 3.48. The Bertz CT molecular complexity index is 140. The minimum atomic E-state index is 0.566. The van der Waals surface area contributed by atoms with E-state index in [2.05, 4.69) is 18.2 Å². The summed E-state index contributed by atoms with van der Waals surface area (Å²) in [4.78, 5) is 0. The van der Waals surface area contributed by atoms with Gasteiger partial charge < -0.3 is 10.1 Å². The Morgan fingerprint density at radius 2 is 2.23 bits per heavy atom. The molecular weight excluding hydrogens is 162 g/mol. The Hall–Kier alpha value is -0.520. The van der Waals surface area contributed by atoms with Crippen LogP contribution in [-0.2, 0) is 4.74 Å². The van der Waals surface area contributed by atoms with Gasteiger partial charge in [0.2, 0.25) is 0 Å². The lowest BCUT2D eigenvalue weighted by Crippen LogP contribution is -2.28. The number of nitrogens with one attached hydrogen (secondary N) is 1. The molecule has 13 heavy (non-hydrogen) atoms. The Morgan fingerprint density at radius 1 is 1.46 bits per heavy atom. The fraction of sp³-hybridized carbons (Fsp3) is 0.818. The summed E-state index contributed by atoms with van der Waals surface area (Å²) >= 11 is 0. The predicted octanol–water partition coefficient (Wildman–Crippen LogP) is 1.80.